The number of thiophene rings is 1. The summed E-state index contributed by atoms with van der Waals surface area (Å²) in [7, 11) is 0. The van der Waals surface area contributed by atoms with Crippen molar-refractivity contribution in [2.24, 2.45) is 0 Å². The third-order valence-electron chi connectivity index (χ3n) is 12.9. The molecule has 5 nitrogen and oxygen atoms in total. The molecule has 0 spiro atoms. The number of para-hydroxylation sites is 2. The van der Waals surface area contributed by atoms with Crippen LogP contribution in [-0.2, 0) is 0 Å². The van der Waals surface area contributed by atoms with Crippen LogP contribution in [0.2, 0.25) is 0 Å². The summed E-state index contributed by atoms with van der Waals surface area (Å²) in [4.78, 5) is 21.3. The number of aromatic nitrogens is 5. The Kier molecular flexibility index (Phi) is 9.62. The lowest BCUT2D eigenvalue weighted by atomic mass is 9.90. The van der Waals surface area contributed by atoms with Gasteiger partial charge in [-0.1, -0.05) is 188 Å². The second-order valence-electron chi connectivity index (χ2n) is 17.0. The van der Waals surface area contributed by atoms with Crippen molar-refractivity contribution >= 4 is 53.3 Å². The lowest BCUT2D eigenvalue weighted by Crippen LogP contribution is -2.02. The molecule has 0 radical (unpaired) electrons. The molecule has 68 heavy (non-hydrogen) atoms. The van der Waals surface area contributed by atoms with Gasteiger partial charge in [0.05, 0.1) is 16.7 Å². The predicted octanol–water partition coefficient (Wildman–Crippen LogP) is 16.4. The fourth-order valence-electron chi connectivity index (χ4n) is 9.79. The number of fused-ring (bicyclic) bond motifs is 7. The first kappa shape index (κ1) is 39.5. The van der Waals surface area contributed by atoms with Gasteiger partial charge in [0.1, 0.15) is 0 Å². The Bertz CT molecular complexity index is 3940. The van der Waals surface area contributed by atoms with E-state index in [9.17, 15) is 0 Å². The Hall–Kier alpha value is -8.84. The van der Waals surface area contributed by atoms with Crippen molar-refractivity contribution in [3.05, 3.63) is 237 Å². The largest absolute Gasteiger partial charge is 0.309 e. The van der Waals surface area contributed by atoms with Crippen molar-refractivity contribution in [2.75, 3.05) is 0 Å². The van der Waals surface area contributed by atoms with Crippen LogP contribution in [0.3, 0.4) is 0 Å². The zero-order chi connectivity index (χ0) is 45.0. The normalized spacial score (nSPS) is 11.5. The first-order valence-electron chi connectivity index (χ1n) is 22.8. The van der Waals surface area contributed by atoms with Crippen molar-refractivity contribution in [1.29, 1.82) is 0 Å². The van der Waals surface area contributed by atoms with Crippen molar-refractivity contribution < 1.29 is 0 Å². The van der Waals surface area contributed by atoms with E-state index in [0.717, 1.165) is 72.4 Å². The minimum atomic E-state index is 0.548. The zero-order valence-corrected chi connectivity index (χ0v) is 37.5. The Morgan fingerprint density at radius 3 is 1.57 bits per heavy atom. The molecule has 318 valence electrons. The van der Waals surface area contributed by atoms with Gasteiger partial charge in [0.25, 0.3) is 0 Å². The Morgan fingerprint density at radius 2 is 0.897 bits per heavy atom. The molecule has 4 heterocycles. The molecule has 0 amide bonds. The SMILES string of the molecule is c1ccc(-c2nc(-c3ccccc3)nc(-c3cc(-c4ccc(-c5ccccc5)c(-c5ccccc5)c4)cnc3-c3cccc4sc5ccc6c7ccccc7n(-c7ccccc7)c6c5c34)n2)cc1. The number of benzene rings is 9. The van der Waals surface area contributed by atoms with Crippen molar-refractivity contribution in [2.45, 2.75) is 0 Å². The number of hydrogen-bond acceptors (Lipinski definition) is 5. The maximum atomic E-state index is 5.53. The van der Waals surface area contributed by atoms with E-state index in [2.05, 4.69) is 199 Å². The lowest BCUT2D eigenvalue weighted by Gasteiger charge is -2.16. The molecule has 9 aromatic carbocycles. The van der Waals surface area contributed by atoms with Gasteiger partial charge in [0.15, 0.2) is 17.5 Å². The summed E-state index contributed by atoms with van der Waals surface area (Å²) in [5.74, 6) is 1.74. The van der Waals surface area contributed by atoms with E-state index in [1.54, 1.807) is 0 Å². The van der Waals surface area contributed by atoms with Crippen LogP contribution in [0.5, 0.6) is 0 Å². The Morgan fingerprint density at radius 1 is 0.338 bits per heavy atom. The van der Waals surface area contributed by atoms with Crippen LogP contribution in [0.15, 0.2) is 237 Å². The third-order valence-corrected chi connectivity index (χ3v) is 14.0. The first-order chi connectivity index (χ1) is 33.7. The highest BCUT2D eigenvalue weighted by Crippen LogP contribution is 2.48. The summed E-state index contributed by atoms with van der Waals surface area (Å²) in [6, 6.07) is 81.2. The van der Waals surface area contributed by atoms with E-state index >= 15 is 0 Å². The second-order valence-corrected chi connectivity index (χ2v) is 18.0. The van der Waals surface area contributed by atoms with Gasteiger partial charge < -0.3 is 4.57 Å². The van der Waals surface area contributed by atoms with Crippen LogP contribution in [0.25, 0.3) is 126 Å². The minimum absolute atomic E-state index is 0.548. The van der Waals surface area contributed by atoms with Crippen LogP contribution in [-0.4, -0.2) is 24.5 Å². The number of pyridine rings is 1. The van der Waals surface area contributed by atoms with Gasteiger partial charge in [-0.15, -0.1) is 11.3 Å². The lowest BCUT2D eigenvalue weighted by molar-refractivity contribution is 1.07. The van der Waals surface area contributed by atoms with Crippen molar-refractivity contribution in [3.8, 4) is 84.5 Å². The zero-order valence-electron chi connectivity index (χ0n) is 36.7. The average Bonchev–Trinajstić information content (AvgIpc) is 3.98. The molecule has 0 aliphatic heterocycles. The maximum absolute atomic E-state index is 5.53. The molecule has 4 aromatic heterocycles. The van der Waals surface area contributed by atoms with Crippen LogP contribution in [0, 0.1) is 0 Å². The summed E-state index contributed by atoms with van der Waals surface area (Å²) in [6.07, 6.45) is 2.02. The molecule has 0 atom stereocenters. The highest BCUT2D eigenvalue weighted by atomic mass is 32.1. The molecule has 0 N–H and O–H groups in total. The van der Waals surface area contributed by atoms with Crippen LogP contribution in [0.1, 0.15) is 0 Å². The van der Waals surface area contributed by atoms with Gasteiger partial charge in [-0.3, -0.25) is 4.98 Å². The molecular weight excluding hydrogens is 847 g/mol. The Balaban J connectivity index is 1.11. The summed E-state index contributed by atoms with van der Waals surface area (Å²) < 4.78 is 4.82. The van der Waals surface area contributed by atoms with E-state index in [0.29, 0.717) is 17.5 Å². The van der Waals surface area contributed by atoms with E-state index in [-0.39, 0.29) is 0 Å². The maximum Gasteiger partial charge on any atom is 0.166 e. The molecule has 0 saturated heterocycles. The summed E-state index contributed by atoms with van der Waals surface area (Å²) in [6.45, 7) is 0. The van der Waals surface area contributed by atoms with Gasteiger partial charge in [-0.2, -0.15) is 0 Å². The van der Waals surface area contributed by atoms with Crippen LogP contribution < -0.4 is 0 Å². The number of hydrogen-bond donors (Lipinski definition) is 0. The van der Waals surface area contributed by atoms with Gasteiger partial charge in [-0.05, 0) is 70.3 Å². The molecule has 13 rings (SSSR count). The molecule has 0 fully saturated rings. The van der Waals surface area contributed by atoms with E-state index in [4.69, 9.17) is 19.9 Å². The Labute approximate surface area is 397 Å². The van der Waals surface area contributed by atoms with Crippen LogP contribution >= 0.6 is 11.3 Å². The standard InChI is InChI=1S/C62H39N5S/c1-6-19-40(20-7-1)47-34-33-44(37-51(47)41-21-8-2-9-22-41)45-38-52(62-65-60(42-23-10-3-11-24-42)64-61(66-62)43-25-12-4-13-26-43)58(63-39-45)50-30-18-32-54-56(50)57-55(68-54)36-35-49-48-29-16-17-31-53(48)67(59(49)57)46-27-14-5-15-28-46/h1-39H. The topological polar surface area (TPSA) is 56.5 Å². The smallest absolute Gasteiger partial charge is 0.166 e. The third kappa shape index (κ3) is 6.77. The molecule has 0 aliphatic carbocycles. The predicted molar refractivity (Wildman–Crippen MR) is 283 cm³/mol. The monoisotopic (exact) mass is 885 g/mol. The molecule has 13 aromatic rings. The van der Waals surface area contributed by atoms with Crippen LogP contribution in [0.4, 0.5) is 0 Å². The fraction of sp³-hybridized carbons (Fsp3) is 0. The second kappa shape index (κ2) is 16.5. The minimum Gasteiger partial charge on any atom is -0.309 e. The molecular formula is C62H39N5S. The number of rotatable bonds is 8. The van der Waals surface area contributed by atoms with Gasteiger partial charge in [0, 0.05) is 70.6 Å². The van der Waals surface area contributed by atoms with E-state index in [1.165, 1.54) is 36.6 Å². The van der Waals surface area contributed by atoms with Crippen molar-refractivity contribution in [1.82, 2.24) is 24.5 Å². The highest BCUT2D eigenvalue weighted by Gasteiger charge is 2.24. The average molecular weight is 886 g/mol. The molecule has 6 heteroatoms. The van der Waals surface area contributed by atoms with E-state index in [1.807, 2.05) is 53.9 Å². The molecule has 0 bridgehead atoms. The fourth-order valence-corrected chi connectivity index (χ4v) is 10.9. The molecule has 0 saturated carbocycles. The molecule has 0 aliphatic rings. The number of nitrogens with zero attached hydrogens (tertiary/aromatic N) is 5. The van der Waals surface area contributed by atoms with Gasteiger partial charge in [-0.25, -0.2) is 15.0 Å². The highest BCUT2D eigenvalue weighted by molar-refractivity contribution is 7.26. The van der Waals surface area contributed by atoms with Crippen molar-refractivity contribution in [3.63, 3.8) is 0 Å². The molecule has 0 unspecified atom stereocenters. The van der Waals surface area contributed by atoms with Gasteiger partial charge in [0.2, 0.25) is 0 Å². The summed E-state index contributed by atoms with van der Waals surface area (Å²) >= 11 is 1.82. The van der Waals surface area contributed by atoms with Gasteiger partial charge >= 0.3 is 0 Å². The van der Waals surface area contributed by atoms with E-state index < -0.39 is 0 Å². The quantitative estimate of drug-likeness (QED) is 0.153. The first-order valence-corrected chi connectivity index (χ1v) is 23.6. The summed E-state index contributed by atoms with van der Waals surface area (Å²) in [5.41, 5.74) is 14.5. The summed E-state index contributed by atoms with van der Waals surface area (Å²) in [5, 5.41) is 4.78.